The van der Waals surface area contributed by atoms with E-state index in [2.05, 4.69) is 4.98 Å². The van der Waals surface area contributed by atoms with Gasteiger partial charge in [-0.1, -0.05) is 24.3 Å². The Morgan fingerprint density at radius 3 is 2.71 bits per heavy atom. The van der Waals surface area contributed by atoms with E-state index < -0.39 is 5.97 Å². The monoisotopic (exact) mass is 379 g/mol. The second kappa shape index (κ2) is 9.41. The molecule has 0 aliphatic rings. The number of hydrogen-bond donors (Lipinski definition) is 0. The smallest absolute Gasteiger partial charge is 0.331 e. The summed E-state index contributed by atoms with van der Waals surface area (Å²) in [6.07, 6.45) is 4.49. The molecule has 0 aliphatic carbocycles. The lowest BCUT2D eigenvalue weighted by Crippen LogP contribution is -2.01. The van der Waals surface area contributed by atoms with Crippen molar-refractivity contribution in [3.05, 3.63) is 72.1 Å². The highest BCUT2D eigenvalue weighted by molar-refractivity contribution is 5.87. The highest BCUT2D eigenvalue weighted by atomic mass is 16.5. The molecule has 0 bridgehead atoms. The fraction of sp³-hybridized carbons (Fsp3) is 0.182. The molecule has 0 radical (unpaired) electrons. The predicted octanol–water partition coefficient (Wildman–Crippen LogP) is 4.51. The largest absolute Gasteiger partial charge is 0.493 e. The first-order valence-electron chi connectivity index (χ1n) is 8.85. The van der Waals surface area contributed by atoms with Gasteiger partial charge in [0.15, 0.2) is 11.5 Å². The van der Waals surface area contributed by atoms with Crippen molar-refractivity contribution in [2.75, 3.05) is 13.7 Å². The molecule has 0 unspecified atom stereocenters. The first-order chi connectivity index (χ1) is 13.7. The molecule has 1 heterocycles. The number of esters is 1. The zero-order valence-electron chi connectivity index (χ0n) is 15.8. The normalized spacial score (nSPS) is 10.8. The number of aromatic nitrogens is 1. The summed E-state index contributed by atoms with van der Waals surface area (Å²) in [7, 11) is 1.57. The molecule has 28 heavy (non-hydrogen) atoms. The molecule has 0 aliphatic heterocycles. The fourth-order valence-electron chi connectivity index (χ4n) is 2.51. The van der Waals surface area contributed by atoms with Gasteiger partial charge in [0.2, 0.25) is 5.89 Å². The second-order valence-electron chi connectivity index (χ2n) is 5.79. The lowest BCUT2D eigenvalue weighted by atomic mass is 10.2. The van der Waals surface area contributed by atoms with Gasteiger partial charge in [-0.2, -0.15) is 0 Å². The van der Waals surface area contributed by atoms with Crippen molar-refractivity contribution in [1.29, 1.82) is 0 Å². The van der Waals surface area contributed by atoms with E-state index in [1.165, 1.54) is 12.3 Å². The number of carbonyl (C=O) groups excluding carboxylic acids is 1. The maximum atomic E-state index is 12.0. The number of methoxy groups -OCH3 is 1. The molecule has 3 aromatic rings. The van der Waals surface area contributed by atoms with Crippen molar-refractivity contribution in [3.8, 4) is 23.0 Å². The van der Waals surface area contributed by atoms with E-state index in [0.717, 1.165) is 11.1 Å². The van der Waals surface area contributed by atoms with Crippen LogP contribution in [-0.4, -0.2) is 24.7 Å². The molecular formula is C22H21NO5. The first kappa shape index (κ1) is 19.2. The number of hydrogen-bond acceptors (Lipinski definition) is 6. The summed E-state index contributed by atoms with van der Waals surface area (Å²) in [6, 6.07) is 14.9. The van der Waals surface area contributed by atoms with Gasteiger partial charge in [0.1, 0.15) is 18.6 Å². The van der Waals surface area contributed by atoms with Crippen LogP contribution in [0.4, 0.5) is 0 Å². The van der Waals surface area contributed by atoms with Crippen LogP contribution in [0.25, 0.3) is 17.5 Å². The summed E-state index contributed by atoms with van der Waals surface area (Å²) in [6.45, 7) is 2.49. The Kier molecular flexibility index (Phi) is 6.46. The molecular weight excluding hydrogens is 358 g/mol. The van der Waals surface area contributed by atoms with Crippen molar-refractivity contribution in [2.24, 2.45) is 0 Å². The molecule has 0 saturated heterocycles. The van der Waals surface area contributed by atoms with Crippen molar-refractivity contribution in [2.45, 2.75) is 13.5 Å². The highest BCUT2D eigenvalue weighted by Gasteiger charge is 2.08. The van der Waals surface area contributed by atoms with Gasteiger partial charge in [0, 0.05) is 11.6 Å². The lowest BCUT2D eigenvalue weighted by molar-refractivity contribution is -0.139. The molecule has 0 spiro atoms. The number of benzene rings is 2. The zero-order chi connectivity index (χ0) is 19.8. The van der Waals surface area contributed by atoms with Crippen LogP contribution in [0.1, 0.15) is 18.2 Å². The van der Waals surface area contributed by atoms with Gasteiger partial charge in [-0.15, -0.1) is 0 Å². The Balaban J connectivity index is 1.56. The van der Waals surface area contributed by atoms with Gasteiger partial charge in [0.25, 0.3) is 0 Å². The van der Waals surface area contributed by atoms with Gasteiger partial charge in [-0.3, -0.25) is 0 Å². The van der Waals surface area contributed by atoms with Crippen molar-refractivity contribution in [1.82, 2.24) is 4.98 Å². The average molecular weight is 379 g/mol. The molecule has 6 heteroatoms. The van der Waals surface area contributed by atoms with Crippen LogP contribution in [0.5, 0.6) is 11.5 Å². The maximum absolute atomic E-state index is 12.0. The summed E-state index contributed by atoms with van der Waals surface area (Å²) < 4.78 is 21.4. The summed E-state index contributed by atoms with van der Waals surface area (Å²) in [5.41, 5.74) is 2.21. The predicted molar refractivity (Wildman–Crippen MR) is 105 cm³/mol. The van der Waals surface area contributed by atoms with Crippen LogP contribution < -0.4 is 9.47 Å². The number of carbonyl (C=O) groups is 1. The molecule has 0 atom stereocenters. The van der Waals surface area contributed by atoms with E-state index in [4.69, 9.17) is 18.6 Å². The first-order valence-corrected chi connectivity index (χ1v) is 8.85. The van der Waals surface area contributed by atoms with Crippen molar-refractivity contribution in [3.63, 3.8) is 0 Å². The quantitative estimate of drug-likeness (QED) is 0.424. The number of ether oxygens (including phenoxy) is 3. The molecule has 0 amide bonds. The minimum atomic E-state index is -0.475. The van der Waals surface area contributed by atoms with Crippen LogP contribution >= 0.6 is 0 Å². The van der Waals surface area contributed by atoms with Crippen molar-refractivity contribution >= 4 is 12.0 Å². The third kappa shape index (κ3) is 5.01. The van der Waals surface area contributed by atoms with E-state index in [0.29, 0.717) is 29.7 Å². The molecule has 0 fully saturated rings. The Morgan fingerprint density at radius 1 is 1.14 bits per heavy atom. The van der Waals surface area contributed by atoms with Crippen LogP contribution in [0.15, 0.2) is 65.3 Å². The van der Waals surface area contributed by atoms with E-state index in [9.17, 15) is 4.79 Å². The van der Waals surface area contributed by atoms with E-state index >= 15 is 0 Å². The molecule has 6 nitrogen and oxygen atoms in total. The molecule has 2 aromatic carbocycles. The minimum Gasteiger partial charge on any atom is -0.493 e. The number of rotatable bonds is 8. The van der Waals surface area contributed by atoms with Gasteiger partial charge in [-0.25, -0.2) is 9.78 Å². The summed E-state index contributed by atoms with van der Waals surface area (Å²) in [4.78, 5) is 16.3. The summed E-state index contributed by atoms with van der Waals surface area (Å²) >= 11 is 0. The summed E-state index contributed by atoms with van der Waals surface area (Å²) in [5.74, 6) is 1.28. The van der Waals surface area contributed by atoms with Crippen molar-refractivity contribution < 1.29 is 23.4 Å². The third-order valence-corrected chi connectivity index (χ3v) is 3.83. The number of nitrogens with zero attached hydrogens (tertiary/aromatic N) is 1. The topological polar surface area (TPSA) is 70.8 Å². The Labute approximate surface area is 163 Å². The fourth-order valence-corrected chi connectivity index (χ4v) is 2.51. The van der Waals surface area contributed by atoms with E-state index in [1.54, 1.807) is 25.3 Å². The minimum absolute atomic E-state index is 0.0338. The maximum Gasteiger partial charge on any atom is 0.331 e. The van der Waals surface area contributed by atoms with Gasteiger partial charge >= 0.3 is 5.97 Å². The Bertz CT molecular complexity index is 947. The summed E-state index contributed by atoms with van der Waals surface area (Å²) in [5, 5.41) is 0. The van der Waals surface area contributed by atoms with Gasteiger partial charge in [-0.05, 0) is 42.8 Å². The van der Waals surface area contributed by atoms with Crippen LogP contribution in [0.2, 0.25) is 0 Å². The van der Waals surface area contributed by atoms with E-state index in [-0.39, 0.29) is 6.61 Å². The lowest BCUT2D eigenvalue weighted by Gasteiger charge is -2.09. The van der Waals surface area contributed by atoms with Crippen LogP contribution in [-0.2, 0) is 16.1 Å². The average Bonchev–Trinajstić information content (AvgIpc) is 3.21. The molecule has 0 N–H and O–H groups in total. The van der Waals surface area contributed by atoms with Gasteiger partial charge in [0.05, 0.1) is 13.7 Å². The standard InChI is InChI=1S/C22H21NO5/c1-3-26-19-11-9-16(13-20(19)25-2)10-12-21(24)27-14-18-15-28-22(23-18)17-7-5-4-6-8-17/h4-13,15H,3,14H2,1-2H3/b12-10+. The third-order valence-electron chi connectivity index (χ3n) is 3.83. The molecule has 3 rings (SSSR count). The SMILES string of the molecule is CCOc1ccc(/C=C/C(=O)OCc2coc(-c3ccccc3)n2)cc1OC. The molecule has 0 saturated carbocycles. The molecule has 1 aromatic heterocycles. The second-order valence-corrected chi connectivity index (χ2v) is 5.79. The highest BCUT2D eigenvalue weighted by Crippen LogP contribution is 2.28. The van der Waals surface area contributed by atoms with Crippen LogP contribution in [0, 0.1) is 0 Å². The van der Waals surface area contributed by atoms with E-state index in [1.807, 2.05) is 43.3 Å². The molecule has 144 valence electrons. The number of oxazole rings is 1. The zero-order valence-corrected chi connectivity index (χ0v) is 15.8. The Hall–Kier alpha value is -3.54. The Morgan fingerprint density at radius 2 is 1.96 bits per heavy atom. The van der Waals surface area contributed by atoms with Gasteiger partial charge < -0.3 is 18.6 Å². The van der Waals surface area contributed by atoms with Crippen LogP contribution in [0.3, 0.4) is 0 Å².